The summed E-state index contributed by atoms with van der Waals surface area (Å²) < 4.78 is 5.14. The largest absolute Gasteiger partial charge is 0.464 e. The molecule has 0 bridgehead atoms. The lowest BCUT2D eigenvalue weighted by Crippen LogP contribution is -2.36. The fraction of sp³-hybridized carbons (Fsp3) is 0.909. The van der Waals surface area contributed by atoms with Gasteiger partial charge < -0.3 is 4.74 Å². The number of carbonyl (C=O) groups is 1. The Balaban J connectivity index is 2.61. The van der Waals surface area contributed by atoms with Gasteiger partial charge in [0.1, 0.15) is 6.10 Å². The topological polar surface area (TPSA) is 26.3 Å². The van der Waals surface area contributed by atoms with Crippen LogP contribution in [-0.4, -0.2) is 12.6 Å². The number of ether oxygens (including phenoxy) is 1. The number of carbonyl (C=O) groups excluding carboxylic acids is 1. The van der Waals surface area contributed by atoms with Crippen molar-refractivity contribution in [2.24, 2.45) is 11.3 Å². The highest BCUT2D eigenvalue weighted by Gasteiger charge is 2.35. The third kappa shape index (κ3) is 2.71. The molecule has 0 N–H and O–H groups in total. The molecule has 0 radical (unpaired) electrons. The van der Waals surface area contributed by atoms with Crippen molar-refractivity contribution in [1.82, 2.24) is 0 Å². The fourth-order valence-corrected chi connectivity index (χ4v) is 2.32. The first-order valence-electron chi connectivity index (χ1n) is 5.15. The third-order valence-corrected chi connectivity index (χ3v) is 3.05. The zero-order valence-corrected chi connectivity index (χ0v) is 8.88. The maximum absolute atomic E-state index is 10.3. The van der Waals surface area contributed by atoms with Gasteiger partial charge >= 0.3 is 0 Å². The van der Waals surface area contributed by atoms with Crippen molar-refractivity contribution in [3.05, 3.63) is 0 Å². The summed E-state index contributed by atoms with van der Waals surface area (Å²) in [7, 11) is 0. The second-order valence-corrected chi connectivity index (χ2v) is 5.03. The lowest BCUT2D eigenvalue weighted by Gasteiger charge is -2.39. The van der Waals surface area contributed by atoms with E-state index in [4.69, 9.17) is 4.74 Å². The summed E-state index contributed by atoms with van der Waals surface area (Å²) in [5.74, 6) is 0.534. The van der Waals surface area contributed by atoms with E-state index in [9.17, 15) is 4.79 Å². The maximum atomic E-state index is 10.3. The molecule has 1 aliphatic rings. The highest BCUT2D eigenvalue weighted by molar-refractivity contribution is 5.37. The second kappa shape index (κ2) is 4.12. The molecule has 1 aliphatic carbocycles. The van der Waals surface area contributed by atoms with Crippen LogP contribution in [0.1, 0.15) is 46.5 Å². The Hall–Kier alpha value is -0.530. The van der Waals surface area contributed by atoms with Gasteiger partial charge in [-0.05, 0) is 24.7 Å². The molecule has 0 amide bonds. The summed E-state index contributed by atoms with van der Waals surface area (Å²) in [6, 6.07) is 0. The standard InChI is InChI=1S/C11H20O2/c1-11(2,3)9-6-4-5-7-10(9)13-8-12/h8-10H,4-7H2,1-3H3/t9-,10+/m0/s1. The number of rotatable bonds is 2. The molecule has 0 heterocycles. The van der Waals surface area contributed by atoms with Crippen molar-refractivity contribution in [1.29, 1.82) is 0 Å². The van der Waals surface area contributed by atoms with Crippen LogP contribution < -0.4 is 0 Å². The molecule has 1 fully saturated rings. The number of hydrogen-bond donors (Lipinski definition) is 0. The van der Waals surface area contributed by atoms with Gasteiger partial charge in [-0.25, -0.2) is 0 Å². The minimum atomic E-state index is 0.159. The molecule has 0 saturated heterocycles. The molecule has 13 heavy (non-hydrogen) atoms. The molecule has 0 unspecified atom stereocenters. The van der Waals surface area contributed by atoms with Crippen molar-refractivity contribution >= 4 is 6.47 Å². The van der Waals surface area contributed by atoms with E-state index in [1.165, 1.54) is 19.3 Å². The van der Waals surface area contributed by atoms with Crippen molar-refractivity contribution in [2.75, 3.05) is 0 Å². The molecule has 2 nitrogen and oxygen atoms in total. The molecule has 1 rings (SSSR count). The van der Waals surface area contributed by atoms with Crippen molar-refractivity contribution in [2.45, 2.75) is 52.6 Å². The molecular formula is C11H20O2. The molecule has 0 aromatic rings. The van der Waals surface area contributed by atoms with E-state index in [2.05, 4.69) is 20.8 Å². The summed E-state index contributed by atoms with van der Waals surface area (Å²) in [6.45, 7) is 7.28. The van der Waals surface area contributed by atoms with Crippen LogP contribution in [0.25, 0.3) is 0 Å². The Morgan fingerprint density at radius 1 is 1.23 bits per heavy atom. The van der Waals surface area contributed by atoms with Crippen LogP contribution in [0.2, 0.25) is 0 Å². The minimum absolute atomic E-state index is 0.159. The van der Waals surface area contributed by atoms with E-state index >= 15 is 0 Å². The minimum Gasteiger partial charge on any atom is -0.464 e. The zero-order valence-electron chi connectivity index (χ0n) is 8.88. The molecular weight excluding hydrogens is 164 g/mol. The van der Waals surface area contributed by atoms with E-state index < -0.39 is 0 Å². The van der Waals surface area contributed by atoms with Crippen LogP contribution >= 0.6 is 0 Å². The zero-order chi connectivity index (χ0) is 9.90. The molecule has 2 heteroatoms. The quantitative estimate of drug-likeness (QED) is 0.617. The number of hydrogen-bond acceptors (Lipinski definition) is 2. The molecule has 0 aromatic carbocycles. The Kier molecular flexibility index (Phi) is 3.34. The summed E-state index contributed by atoms with van der Waals surface area (Å²) in [5.41, 5.74) is 0.258. The first kappa shape index (κ1) is 10.6. The third-order valence-electron chi connectivity index (χ3n) is 3.05. The van der Waals surface area contributed by atoms with Crippen molar-refractivity contribution < 1.29 is 9.53 Å². The predicted octanol–water partition coefficient (Wildman–Crippen LogP) is 2.76. The van der Waals surface area contributed by atoms with Gasteiger partial charge in [0.05, 0.1) is 0 Å². The van der Waals surface area contributed by atoms with Crippen LogP contribution in [0.5, 0.6) is 0 Å². The van der Waals surface area contributed by atoms with E-state index in [1.807, 2.05) is 0 Å². The monoisotopic (exact) mass is 184 g/mol. The molecule has 1 saturated carbocycles. The van der Waals surface area contributed by atoms with Gasteiger partial charge in [-0.3, -0.25) is 4.79 Å². The van der Waals surface area contributed by atoms with E-state index in [1.54, 1.807) is 0 Å². The van der Waals surface area contributed by atoms with E-state index in [0.29, 0.717) is 12.4 Å². The first-order valence-corrected chi connectivity index (χ1v) is 5.15. The molecule has 0 aliphatic heterocycles. The molecule has 2 atom stereocenters. The molecule has 76 valence electrons. The van der Waals surface area contributed by atoms with E-state index in [-0.39, 0.29) is 11.5 Å². The SMILES string of the molecule is CC(C)(C)[C@H]1CCCC[C@H]1OC=O. The highest BCUT2D eigenvalue weighted by Crippen LogP contribution is 2.39. The van der Waals surface area contributed by atoms with Gasteiger partial charge in [0.25, 0.3) is 6.47 Å². The lowest BCUT2D eigenvalue weighted by molar-refractivity contribution is -0.140. The molecule has 0 aromatic heterocycles. The van der Waals surface area contributed by atoms with Gasteiger partial charge in [0, 0.05) is 5.92 Å². The van der Waals surface area contributed by atoms with E-state index in [0.717, 1.165) is 6.42 Å². The first-order chi connectivity index (χ1) is 6.05. The van der Waals surface area contributed by atoms with Crippen molar-refractivity contribution in [3.8, 4) is 0 Å². The second-order valence-electron chi connectivity index (χ2n) is 5.03. The van der Waals surface area contributed by atoms with Crippen LogP contribution in [-0.2, 0) is 9.53 Å². The Labute approximate surface area is 80.7 Å². The molecule has 0 spiro atoms. The van der Waals surface area contributed by atoms with Gasteiger partial charge in [-0.1, -0.05) is 27.2 Å². The van der Waals surface area contributed by atoms with Gasteiger partial charge in [-0.2, -0.15) is 0 Å². The average molecular weight is 184 g/mol. The predicted molar refractivity (Wildman–Crippen MR) is 52.4 cm³/mol. The summed E-state index contributed by atoms with van der Waals surface area (Å²) in [4.78, 5) is 10.3. The fourth-order valence-electron chi connectivity index (χ4n) is 2.32. The van der Waals surface area contributed by atoms with Gasteiger partial charge in [-0.15, -0.1) is 0 Å². The lowest BCUT2D eigenvalue weighted by atomic mass is 9.71. The summed E-state index contributed by atoms with van der Waals surface area (Å²) in [6.07, 6.45) is 4.88. The maximum Gasteiger partial charge on any atom is 0.293 e. The van der Waals surface area contributed by atoms with Crippen LogP contribution in [0.4, 0.5) is 0 Å². The Bertz CT molecular complexity index is 169. The Morgan fingerprint density at radius 3 is 2.38 bits per heavy atom. The van der Waals surface area contributed by atoms with Crippen molar-refractivity contribution in [3.63, 3.8) is 0 Å². The highest BCUT2D eigenvalue weighted by atomic mass is 16.5. The smallest absolute Gasteiger partial charge is 0.293 e. The van der Waals surface area contributed by atoms with Gasteiger partial charge in [0.2, 0.25) is 0 Å². The van der Waals surface area contributed by atoms with Crippen LogP contribution in [0, 0.1) is 11.3 Å². The summed E-state index contributed by atoms with van der Waals surface area (Å²) >= 11 is 0. The summed E-state index contributed by atoms with van der Waals surface area (Å²) in [5, 5.41) is 0. The normalized spacial score (nSPS) is 29.8. The van der Waals surface area contributed by atoms with Crippen LogP contribution in [0.3, 0.4) is 0 Å². The van der Waals surface area contributed by atoms with Crippen LogP contribution in [0.15, 0.2) is 0 Å². The average Bonchev–Trinajstić information content (AvgIpc) is 2.04. The Morgan fingerprint density at radius 2 is 1.85 bits per heavy atom. The van der Waals surface area contributed by atoms with Gasteiger partial charge in [0.15, 0.2) is 0 Å².